The van der Waals surface area contributed by atoms with Crippen LogP contribution < -0.4 is 5.32 Å². The fourth-order valence-corrected chi connectivity index (χ4v) is 3.31. The highest BCUT2D eigenvalue weighted by atomic mass is 32.2. The maximum atomic E-state index is 11.6. The Morgan fingerprint density at radius 1 is 1.15 bits per heavy atom. The lowest BCUT2D eigenvalue weighted by molar-refractivity contribution is -0.114. The van der Waals surface area contributed by atoms with E-state index in [0.717, 1.165) is 17.0 Å². The molecule has 0 aliphatic heterocycles. The average Bonchev–Trinajstić information content (AvgIpc) is 3.02. The van der Waals surface area contributed by atoms with E-state index in [9.17, 15) is 13.2 Å². The maximum Gasteiger partial charge on any atom is 0.221 e. The number of carbonyl (C=O) groups excluding carboxylic acids is 1. The van der Waals surface area contributed by atoms with Gasteiger partial charge in [-0.25, -0.2) is 13.4 Å². The topological polar surface area (TPSA) is 81.1 Å². The van der Waals surface area contributed by atoms with Crippen molar-refractivity contribution in [2.45, 2.75) is 18.4 Å². The van der Waals surface area contributed by atoms with Crippen LogP contribution in [0.5, 0.6) is 0 Å². The van der Waals surface area contributed by atoms with Gasteiger partial charge < -0.3 is 9.88 Å². The van der Waals surface area contributed by atoms with Crippen molar-refractivity contribution < 1.29 is 13.2 Å². The molecule has 134 valence electrons. The standard InChI is InChI=1S/C19H19N3O3S/c1-14(23)21-17-5-3-4-16(12-17)19-20-10-11-22(19)13-15-6-8-18(9-7-15)26(2,24)25/h3-12H,13H2,1-2H3,(H,21,23). The zero-order chi connectivity index (χ0) is 18.7. The Morgan fingerprint density at radius 3 is 2.54 bits per heavy atom. The summed E-state index contributed by atoms with van der Waals surface area (Å²) in [4.78, 5) is 16.0. The van der Waals surface area contributed by atoms with Gasteiger partial charge in [0.2, 0.25) is 5.91 Å². The van der Waals surface area contributed by atoms with Crippen LogP contribution >= 0.6 is 0 Å². The van der Waals surface area contributed by atoms with Gasteiger partial charge in [-0.05, 0) is 29.8 Å². The first-order valence-corrected chi connectivity index (χ1v) is 9.90. The number of rotatable bonds is 5. The number of nitrogens with one attached hydrogen (secondary N) is 1. The van der Waals surface area contributed by atoms with Gasteiger partial charge in [0.25, 0.3) is 0 Å². The smallest absolute Gasteiger partial charge is 0.221 e. The quantitative estimate of drug-likeness (QED) is 0.750. The number of aromatic nitrogens is 2. The number of carbonyl (C=O) groups is 1. The maximum absolute atomic E-state index is 11.6. The van der Waals surface area contributed by atoms with E-state index in [1.54, 1.807) is 30.5 Å². The molecule has 26 heavy (non-hydrogen) atoms. The number of amides is 1. The molecule has 0 spiro atoms. The molecule has 6 nitrogen and oxygen atoms in total. The third kappa shape index (κ3) is 4.18. The highest BCUT2D eigenvalue weighted by molar-refractivity contribution is 7.90. The zero-order valence-electron chi connectivity index (χ0n) is 14.5. The molecule has 0 radical (unpaired) electrons. The van der Waals surface area contributed by atoms with Crippen molar-refractivity contribution in [3.05, 3.63) is 66.5 Å². The largest absolute Gasteiger partial charge is 0.327 e. The number of sulfone groups is 1. The second-order valence-corrected chi connectivity index (χ2v) is 8.07. The van der Waals surface area contributed by atoms with Crippen LogP contribution in [0.1, 0.15) is 12.5 Å². The number of imidazole rings is 1. The van der Waals surface area contributed by atoms with Gasteiger partial charge >= 0.3 is 0 Å². The van der Waals surface area contributed by atoms with Crippen molar-refractivity contribution in [1.29, 1.82) is 0 Å². The highest BCUT2D eigenvalue weighted by Gasteiger charge is 2.10. The summed E-state index contributed by atoms with van der Waals surface area (Å²) in [6.07, 6.45) is 4.77. The third-order valence-electron chi connectivity index (χ3n) is 3.86. The molecular weight excluding hydrogens is 350 g/mol. The number of benzene rings is 2. The van der Waals surface area contributed by atoms with E-state index < -0.39 is 9.84 Å². The zero-order valence-corrected chi connectivity index (χ0v) is 15.3. The molecule has 0 fully saturated rings. The van der Waals surface area contributed by atoms with Gasteiger partial charge in [-0.15, -0.1) is 0 Å². The fraction of sp³-hybridized carbons (Fsp3) is 0.158. The molecule has 0 aliphatic carbocycles. The second-order valence-electron chi connectivity index (χ2n) is 6.06. The first kappa shape index (κ1) is 17.9. The van der Waals surface area contributed by atoms with Crippen LogP contribution in [0.25, 0.3) is 11.4 Å². The molecule has 0 bridgehead atoms. The van der Waals surface area contributed by atoms with Gasteiger partial charge in [-0.2, -0.15) is 0 Å². The minimum atomic E-state index is -3.20. The summed E-state index contributed by atoms with van der Waals surface area (Å²) in [5.41, 5.74) is 2.56. The lowest BCUT2D eigenvalue weighted by atomic mass is 10.1. The summed E-state index contributed by atoms with van der Waals surface area (Å²) in [6, 6.07) is 14.3. The van der Waals surface area contributed by atoms with E-state index >= 15 is 0 Å². The molecule has 0 saturated carbocycles. The number of anilines is 1. The Labute approximate surface area is 152 Å². The first-order chi connectivity index (χ1) is 12.3. The van der Waals surface area contributed by atoms with E-state index in [4.69, 9.17) is 0 Å². The molecule has 1 amide bonds. The SMILES string of the molecule is CC(=O)Nc1cccc(-c2nccn2Cc2ccc(S(C)(=O)=O)cc2)c1. The van der Waals surface area contributed by atoms with Gasteiger partial charge in [-0.1, -0.05) is 24.3 Å². The molecule has 0 unspecified atom stereocenters. The van der Waals surface area contributed by atoms with E-state index in [1.165, 1.54) is 13.2 Å². The van der Waals surface area contributed by atoms with E-state index in [-0.39, 0.29) is 5.91 Å². The Balaban J connectivity index is 1.86. The van der Waals surface area contributed by atoms with Crippen molar-refractivity contribution in [3.63, 3.8) is 0 Å². The van der Waals surface area contributed by atoms with Crippen LogP contribution in [0.3, 0.4) is 0 Å². The molecule has 1 aromatic heterocycles. The van der Waals surface area contributed by atoms with Crippen molar-refractivity contribution in [2.75, 3.05) is 11.6 Å². The summed E-state index contributed by atoms with van der Waals surface area (Å²) in [5, 5.41) is 2.76. The molecule has 1 heterocycles. The van der Waals surface area contributed by atoms with E-state index in [0.29, 0.717) is 17.1 Å². The van der Waals surface area contributed by atoms with Crippen LogP contribution in [-0.2, 0) is 21.2 Å². The van der Waals surface area contributed by atoms with Crippen LogP contribution in [-0.4, -0.2) is 30.1 Å². The molecule has 0 saturated heterocycles. The molecule has 1 N–H and O–H groups in total. The van der Waals surface area contributed by atoms with Crippen molar-refractivity contribution in [2.24, 2.45) is 0 Å². The Hall–Kier alpha value is -2.93. The summed E-state index contributed by atoms with van der Waals surface area (Å²) < 4.78 is 25.1. The number of hydrogen-bond acceptors (Lipinski definition) is 4. The average molecular weight is 369 g/mol. The van der Waals surface area contributed by atoms with Crippen molar-refractivity contribution >= 4 is 21.4 Å². The van der Waals surface area contributed by atoms with E-state index in [2.05, 4.69) is 10.3 Å². The van der Waals surface area contributed by atoms with Crippen LogP contribution in [0.2, 0.25) is 0 Å². The lowest BCUT2D eigenvalue weighted by Crippen LogP contribution is -2.06. The highest BCUT2D eigenvalue weighted by Crippen LogP contribution is 2.22. The van der Waals surface area contributed by atoms with E-state index in [1.807, 2.05) is 35.0 Å². The van der Waals surface area contributed by atoms with Gasteiger partial charge in [0, 0.05) is 43.4 Å². The molecule has 3 aromatic rings. The lowest BCUT2D eigenvalue weighted by Gasteiger charge is -2.10. The number of nitrogens with zero attached hydrogens (tertiary/aromatic N) is 2. The predicted octanol–water partition coefficient (Wildman–Crippen LogP) is 2.96. The first-order valence-electron chi connectivity index (χ1n) is 8.01. The van der Waals surface area contributed by atoms with Crippen LogP contribution in [0.4, 0.5) is 5.69 Å². The normalized spacial score (nSPS) is 11.3. The monoisotopic (exact) mass is 369 g/mol. The fourth-order valence-electron chi connectivity index (χ4n) is 2.68. The summed E-state index contributed by atoms with van der Waals surface area (Å²) >= 11 is 0. The molecule has 7 heteroatoms. The third-order valence-corrected chi connectivity index (χ3v) is 4.99. The molecule has 2 aromatic carbocycles. The molecular formula is C19H19N3O3S. The second kappa shape index (κ2) is 7.13. The Kier molecular flexibility index (Phi) is 4.90. The van der Waals surface area contributed by atoms with Crippen LogP contribution in [0, 0.1) is 0 Å². The van der Waals surface area contributed by atoms with Crippen molar-refractivity contribution in [1.82, 2.24) is 9.55 Å². The van der Waals surface area contributed by atoms with Gasteiger partial charge in [0.15, 0.2) is 9.84 Å². The van der Waals surface area contributed by atoms with Gasteiger partial charge in [0.1, 0.15) is 5.82 Å². The summed E-state index contributed by atoms with van der Waals surface area (Å²) in [6.45, 7) is 2.03. The van der Waals surface area contributed by atoms with Gasteiger partial charge in [-0.3, -0.25) is 4.79 Å². The number of hydrogen-bond donors (Lipinski definition) is 1. The molecule has 0 atom stereocenters. The minimum absolute atomic E-state index is 0.128. The molecule has 0 aliphatic rings. The Morgan fingerprint density at radius 2 is 1.88 bits per heavy atom. The predicted molar refractivity (Wildman–Crippen MR) is 101 cm³/mol. The van der Waals surface area contributed by atoms with Crippen molar-refractivity contribution in [3.8, 4) is 11.4 Å². The summed E-state index contributed by atoms with van der Waals surface area (Å²) in [5.74, 6) is 0.640. The molecule has 3 rings (SSSR count). The van der Waals surface area contributed by atoms with Gasteiger partial charge in [0.05, 0.1) is 4.90 Å². The minimum Gasteiger partial charge on any atom is -0.327 e. The Bertz CT molecular complexity index is 1040. The van der Waals surface area contributed by atoms with Crippen LogP contribution in [0.15, 0.2) is 65.8 Å². The summed E-state index contributed by atoms with van der Waals surface area (Å²) in [7, 11) is -3.20.